The van der Waals surface area contributed by atoms with Crippen molar-refractivity contribution in [2.45, 2.75) is 44.6 Å². The Morgan fingerprint density at radius 1 is 1.11 bits per heavy atom. The summed E-state index contributed by atoms with van der Waals surface area (Å²) in [5.41, 5.74) is 2.20. The van der Waals surface area contributed by atoms with Gasteiger partial charge in [0.2, 0.25) is 5.95 Å². The van der Waals surface area contributed by atoms with Crippen LogP contribution in [0.25, 0.3) is 10.3 Å². The smallest absolute Gasteiger partial charge is 0.276 e. The van der Waals surface area contributed by atoms with Crippen molar-refractivity contribution in [3.63, 3.8) is 0 Å². The summed E-state index contributed by atoms with van der Waals surface area (Å²) in [6.07, 6.45) is 8.90. The molecule has 0 spiro atoms. The van der Waals surface area contributed by atoms with E-state index in [1.54, 1.807) is 0 Å². The molecule has 146 valence electrons. The molecule has 5 rings (SSSR count). The number of ether oxygens (including phenoxy) is 1. The summed E-state index contributed by atoms with van der Waals surface area (Å²) in [4.78, 5) is 21.5. The molecule has 8 heteroatoms. The summed E-state index contributed by atoms with van der Waals surface area (Å²) < 4.78 is 7.16. The van der Waals surface area contributed by atoms with E-state index >= 15 is 0 Å². The predicted molar refractivity (Wildman–Crippen MR) is 119 cm³/mol. The minimum absolute atomic E-state index is 0.139. The van der Waals surface area contributed by atoms with Gasteiger partial charge in [0.05, 0.1) is 0 Å². The van der Waals surface area contributed by atoms with E-state index in [4.69, 9.17) is 4.74 Å². The summed E-state index contributed by atoms with van der Waals surface area (Å²) in [5, 5.41) is 0.721. The van der Waals surface area contributed by atoms with Crippen LogP contribution in [0.1, 0.15) is 44.1 Å². The molecular weight excluding hydrogens is 485 g/mol. The van der Waals surface area contributed by atoms with Gasteiger partial charge in [0, 0.05) is 25.5 Å². The second-order valence-corrected chi connectivity index (χ2v) is 9.72. The molecule has 2 fully saturated rings. The summed E-state index contributed by atoms with van der Waals surface area (Å²) in [7, 11) is 0. The van der Waals surface area contributed by atoms with Gasteiger partial charge in [0.15, 0.2) is 0 Å². The first-order chi connectivity index (χ1) is 13.7. The highest BCUT2D eigenvalue weighted by molar-refractivity contribution is 14.1. The number of piperidine rings is 1. The number of halogens is 1. The third kappa shape index (κ3) is 3.94. The van der Waals surface area contributed by atoms with Gasteiger partial charge < -0.3 is 9.64 Å². The molecule has 1 unspecified atom stereocenters. The maximum atomic E-state index is 6.18. The summed E-state index contributed by atoms with van der Waals surface area (Å²) in [5.74, 6) is 2.09. The number of fused-ring (bicyclic) bond motifs is 1. The van der Waals surface area contributed by atoms with E-state index in [0.29, 0.717) is 11.8 Å². The third-order valence-electron chi connectivity index (χ3n) is 5.68. The molecule has 0 amide bonds. The second kappa shape index (κ2) is 7.70. The van der Waals surface area contributed by atoms with Crippen molar-refractivity contribution in [2.75, 3.05) is 18.0 Å². The van der Waals surface area contributed by atoms with Gasteiger partial charge in [0.1, 0.15) is 20.2 Å². The average Bonchev–Trinajstić information content (AvgIpc) is 3.49. The van der Waals surface area contributed by atoms with E-state index in [0.717, 1.165) is 51.1 Å². The lowest BCUT2D eigenvalue weighted by molar-refractivity contribution is 0.132. The van der Waals surface area contributed by atoms with E-state index < -0.39 is 0 Å². The Labute approximate surface area is 181 Å². The van der Waals surface area contributed by atoms with Crippen molar-refractivity contribution in [1.82, 2.24) is 19.9 Å². The number of anilines is 1. The molecule has 0 aromatic carbocycles. The number of aromatic nitrogens is 4. The number of pyridine rings is 1. The van der Waals surface area contributed by atoms with Crippen LogP contribution in [0, 0.1) is 9.62 Å². The van der Waals surface area contributed by atoms with Gasteiger partial charge >= 0.3 is 0 Å². The van der Waals surface area contributed by atoms with Crippen LogP contribution < -0.4 is 9.64 Å². The van der Waals surface area contributed by atoms with Crippen molar-refractivity contribution >= 4 is 50.2 Å². The van der Waals surface area contributed by atoms with E-state index in [2.05, 4.69) is 54.4 Å². The Balaban J connectivity index is 1.18. The molecule has 1 aliphatic carbocycles. The minimum atomic E-state index is 0.139. The molecule has 1 aliphatic heterocycles. The van der Waals surface area contributed by atoms with Gasteiger partial charge in [-0.05, 0) is 84.7 Å². The van der Waals surface area contributed by atoms with E-state index in [9.17, 15) is 0 Å². The van der Waals surface area contributed by atoms with Crippen molar-refractivity contribution in [3.05, 3.63) is 33.8 Å². The normalized spacial score (nSPS) is 19.1. The van der Waals surface area contributed by atoms with Crippen molar-refractivity contribution < 1.29 is 4.74 Å². The Morgan fingerprint density at radius 3 is 2.57 bits per heavy atom. The van der Waals surface area contributed by atoms with Crippen molar-refractivity contribution in [1.29, 1.82) is 0 Å². The fourth-order valence-electron chi connectivity index (χ4n) is 3.77. The fraction of sp³-hybridized carbons (Fsp3) is 0.500. The zero-order chi connectivity index (χ0) is 19.1. The highest BCUT2D eigenvalue weighted by atomic mass is 127. The molecule has 1 saturated heterocycles. The zero-order valence-corrected chi connectivity index (χ0v) is 18.7. The van der Waals surface area contributed by atoms with Gasteiger partial charge in [0.25, 0.3) is 5.19 Å². The van der Waals surface area contributed by atoms with E-state index in [-0.39, 0.29) is 6.10 Å². The van der Waals surface area contributed by atoms with Crippen LogP contribution in [0.3, 0.4) is 0 Å². The van der Waals surface area contributed by atoms with Crippen LogP contribution in [-0.4, -0.2) is 39.1 Å². The molecule has 28 heavy (non-hydrogen) atoms. The Morgan fingerprint density at radius 2 is 1.86 bits per heavy atom. The van der Waals surface area contributed by atoms with Crippen LogP contribution in [0.5, 0.6) is 5.19 Å². The maximum absolute atomic E-state index is 6.18. The summed E-state index contributed by atoms with van der Waals surface area (Å²) in [6, 6.07) is 3.98. The maximum Gasteiger partial charge on any atom is 0.276 e. The van der Waals surface area contributed by atoms with Crippen molar-refractivity contribution in [2.24, 2.45) is 5.92 Å². The van der Waals surface area contributed by atoms with Gasteiger partial charge in [-0.2, -0.15) is 0 Å². The van der Waals surface area contributed by atoms with Crippen LogP contribution in [0.4, 0.5) is 5.95 Å². The second-order valence-electron chi connectivity index (χ2n) is 7.68. The molecular formula is C20H22IN5OS. The summed E-state index contributed by atoms with van der Waals surface area (Å²) >= 11 is 3.75. The first kappa shape index (κ1) is 18.5. The topological polar surface area (TPSA) is 64.0 Å². The van der Waals surface area contributed by atoms with Gasteiger partial charge in [-0.1, -0.05) is 11.3 Å². The molecule has 4 heterocycles. The Hall–Kier alpha value is -1.55. The standard InChI is InChI=1S/C20H22IN5OS/c1-12(27-20-24-16-4-5-17(21)25-18(16)28-20)13-6-8-26(9-7-13)19-22-10-15(11-23-19)14-2-3-14/h4-5,10-14H,2-3,6-9H2,1H3. The molecule has 3 aromatic rings. The number of hydrogen-bond acceptors (Lipinski definition) is 7. The highest BCUT2D eigenvalue weighted by Gasteiger charge is 2.28. The average molecular weight is 507 g/mol. The number of nitrogens with zero attached hydrogens (tertiary/aromatic N) is 5. The molecule has 6 nitrogen and oxygen atoms in total. The number of thiazole rings is 1. The van der Waals surface area contributed by atoms with Crippen LogP contribution >= 0.6 is 33.9 Å². The molecule has 3 aromatic heterocycles. The monoisotopic (exact) mass is 507 g/mol. The minimum Gasteiger partial charge on any atom is -0.467 e. The van der Waals surface area contributed by atoms with Crippen LogP contribution in [0.2, 0.25) is 0 Å². The van der Waals surface area contributed by atoms with E-state index in [1.165, 1.54) is 29.7 Å². The lowest BCUT2D eigenvalue weighted by Gasteiger charge is -2.34. The number of rotatable bonds is 5. The van der Waals surface area contributed by atoms with E-state index in [1.807, 2.05) is 24.5 Å². The van der Waals surface area contributed by atoms with Gasteiger partial charge in [-0.25, -0.2) is 19.9 Å². The van der Waals surface area contributed by atoms with Gasteiger partial charge in [-0.15, -0.1) is 0 Å². The zero-order valence-electron chi connectivity index (χ0n) is 15.7. The van der Waals surface area contributed by atoms with Crippen LogP contribution in [0.15, 0.2) is 24.5 Å². The molecule has 1 atom stereocenters. The Bertz CT molecular complexity index is 966. The van der Waals surface area contributed by atoms with Crippen molar-refractivity contribution in [3.8, 4) is 5.19 Å². The molecule has 0 N–H and O–H groups in total. The molecule has 2 aliphatic rings. The van der Waals surface area contributed by atoms with Crippen LogP contribution in [-0.2, 0) is 0 Å². The predicted octanol–water partition coefficient (Wildman–Crippen LogP) is 4.65. The SMILES string of the molecule is CC(Oc1nc2ccc(I)nc2s1)C1CCN(c2ncc(C3CC3)cn2)CC1. The lowest BCUT2D eigenvalue weighted by Crippen LogP contribution is -2.39. The summed E-state index contributed by atoms with van der Waals surface area (Å²) in [6.45, 7) is 4.10. The quantitative estimate of drug-likeness (QED) is 0.370. The largest absolute Gasteiger partial charge is 0.467 e. The molecule has 0 bridgehead atoms. The first-order valence-corrected chi connectivity index (χ1v) is 11.7. The highest BCUT2D eigenvalue weighted by Crippen LogP contribution is 2.39. The first-order valence-electron chi connectivity index (χ1n) is 9.82. The molecule has 1 saturated carbocycles. The molecule has 0 radical (unpaired) electrons. The number of hydrogen-bond donors (Lipinski definition) is 0. The lowest BCUT2D eigenvalue weighted by atomic mass is 9.92. The van der Waals surface area contributed by atoms with Gasteiger partial charge in [-0.3, -0.25) is 0 Å². The third-order valence-corrected chi connectivity index (χ3v) is 7.14. The fourth-order valence-corrected chi connectivity index (χ4v) is 5.23. The Kier molecular flexibility index (Phi) is 5.08.